The van der Waals surface area contributed by atoms with E-state index in [9.17, 15) is 9.59 Å². The van der Waals surface area contributed by atoms with Gasteiger partial charge in [-0.3, -0.25) is 9.69 Å². The van der Waals surface area contributed by atoms with Crippen molar-refractivity contribution in [1.29, 1.82) is 0 Å². The number of methoxy groups -OCH3 is 1. The zero-order chi connectivity index (χ0) is 24.1. The molecule has 4 rings (SSSR count). The number of urea groups is 1. The van der Waals surface area contributed by atoms with E-state index in [4.69, 9.17) is 4.74 Å². The zero-order valence-corrected chi connectivity index (χ0v) is 20.0. The van der Waals surface area contributed by atoms with Crippen LogP contribution in [0.2, 0.25) is 0 Å². The Morgan fingerprint density at radius 1 is 1.00 bits per heavy atom. The molecule has 0 aliphatic carbocycles. The van der Waals surface area contributed by atoms with Gasteiger partial charge < -0.3 is 15.0 Å². The lowest BCUT2D eigenvalue weighted by Gasteiger charge is -2.36. The van der Waals surface area contributed by atoms with Crippen LogP contribution in [0.4, 0.5) is 16.2 Å². The Labute approximate surface area is 201 Å². The summed E-state index contributed by atoms with van der Waals surface area (Å²) in [6.07, 6.45) is 1.11. The van der Waals surface area contributed by atoms with Crippen molar-refractivity contribution in [1.82, 2.24) is 4.90 Å². The maximum absolute atomic E-state index is 13.4. The summed E-state index contributed by atoms with van der Waals surface area (Å²) in [5.41, 5.74) is 5.62. The standard InChI is InChI=1S/C28H31N3O3/c1-20-9-14-26(25(17-20)29-27(32)18-22-10-12-24(34-3)13-11-22)31-16-6-15-30(28(31)33)19-23-8-5-4-7-21(23)2/h4-5,7-14,17H,6,15-16,18-19H2,1-3H3,(H,29,32). The van der Waals surface area contributed by atoms with Gasteiger partial charge in [-0.05, 0) is 66.8 Å². The van der Waals surface area contributed by atoms with Crippen LogP contribution < -0.4 is 15.0 Å². The minimum Gasteiger partial charge on any atom is -0.497 e. The third kappa shape index (κ3) is 5.39. The van der Waals surface area contributed by atoms with Crippen molar-refractivity contribution in [3.8, 4) is 5.75 Å². The minimum atomic E-state index is -0.127. The Kier molecular flexibility index (Phi) is 7.16. The zero-order valence-electron chi connectivity index (χ0n) is 20.0. The molecule has 1 saturated heterocycles. The van der Waals surface area contributed by atoms with Crippen molar-refractivity contribution in [3.63, 3.8) is 0 Å². The lowest BCUT2D eigenvalue weighted by molar-refractivity contribution is -0.115. The highest BCUT2D eigenvalue weighted by molar-refractivity contribution is 6.01. The van der Waals surface area contributed by atoms with Crippen LogP contribution in [0.25, 0.3) is 0 Å². The van der Waals surface area contributed by atoms with Gasteiger partial charge in [-0.1, -0.05) is 42.5 Å². The van der Waals surface area contributed by atoms with Gasteiger partial charge in [0.1, 0.15) is 5.75 Å². The molecule has 3 amide bonds. The molecule has 6 heteroatoms. The average molecular weight is 458 g/mol. The molecule has 0 radical (unpaired) electrons. The summed E-state index contributed by atoms with van der Waals surface area (Å²) >= 11 is 0. The SMILES string of the molecule is COc1ccc(CC(=O)Nc2cc(C)ccc2N2CCCN(Cc3ccccc3C)C2=O)cc1. The summed E-state index contributed by atoms with van der Waals surface area (Å²) in [5.74, 6) is 0.627. The van der Waals surface area contributed by atoms with E-state index in [-0.39, 0.29) is 18.4 Å². The Morgan fingerprint density at radius 3 is 2.50 bits per heavy atom. The number of rotatable bonds is 7. The molecule has 0 saturated carbocycles. The number of amides is 3. The van der Waals surface area contributed by atoms with Gasteiger partial charge in [-0.2, -0.15) is 0 Å². The van der Waals surface area contributed by atoms with Gasteiger partial charge >= 0.3 is 6.03 Å². The molecule has 3 aromatic carbocycles. The molecular formula is C28H31N3O3. The first kappa shape index (κ1) is 23.4. The molecule has 1 N–H and O–H groups in total. The number of anilines is 2. The van der Waals surface area contributed by atoms with E-state index < -0.39 is 0 Å². The summed E-state index contributed by atoms with van der Waals surface area (Å²) in [6.45, 7) is 5.96. The van der Waals surface area contributed by atoms with Crippen LogP contribution in [0.15, 0.2) is 66.7 Å². The minimum absolute atomic E-state index is 0.0380. The summed E-state index contributed by atoms with van der Waals surface area (Å²) < 4.78 is 5.19. The van der Waals surface area contributed by atoms with Crippen LogP contribution in [-0.4, -0.2) is 37.0 Å². The molecule has 1 aliphatic heterocycles. The van der Waals surface area contributed by atoms with E-state index >= 15 is 0 Å². The normalized spacial score (nSPS) is 13.7. The van der Waals surface area contributed by atoms with Crippen molar-refractivity contribution in [2.75, 3.05) is 30.4 Å². The van der Waals surface area contributed by atoms with E-state index in [0.29, 0.717) is 25.3 Å². The van der Waals surface area contributed by atoms with Crippen molar-refractivity contribution in [3.05, 3.63) is 89.0 Å². The van der Waals surface area contributed by atoms with Gasteiger partial charge in [0.2, 0.25) is 5.91 Å². The van der Waals surface area contributed by atoms with Crippen LogP contribution in [0.1, 0.15) is 28.7 Å². The van der Waals surface area contributed by atoms with E-state index in [1.54, 1.807) is 12.0 Å². The topological polar surface area (TPSA) is 61.9 Å². The molecule has 34 heavy (non-hydrogen) atoms. The number of nitrogens with one attached hydrogen (secondary N) is 1. The molecular weight excluding hydrogens is 426 g/mol. The molecule has 1 fully saturated rings. The van der Waals surface area contributed by atoms with Crippen molar-refractivity contribution in [2.24, 2.45) is 0 Å². The first-order valence-electron chi connectivity index (χ1n) is 11.6. The van der Waals surface area contributed by atoms with Crippen molar-refractivity contribution < 1.29 is 14.3 Å². The molecule has 0 unspecified atom stereocenters. The highest BCUT2D eigenvalue weighted by Crippen LogP contribution is 2.31. The predicted octanol–water partition coefficient (Wildman–Crippen LogP) is 5.33. The third-order valence-electron chi connectivity index (χ3n) is 6.17. The third-order valence-corrected chi connectivity index (χ3v) is 6.17. The Hall–Kier alpha value is -3.80. The number of ether oxygens (including phenoxy) is 1. The molecule has 0 bridgehead atoms. The van der Waals surface area contributed by atoms with Crippen LogP contribution in [0.5, 0.6) is 5.75 Å². The van der Waals surface area contributed by atoms with Gasteiger partial charge in [-0.15, -0.1) is 0 Å². The molecule has 176 valence electrons. The van der Waals surface area contributed by atoms with Crippen LogP contribution in [0, 0.1) is 13.8 Å². The Balaban J connectivity index is 1.51. The summed E-state index contributed by atoms with van der Waals surface area (Å²) in [4.78, 5) is 30.0. The van der Waals surface area contributed by atoms with Gasteiger partial charge in [-0.25, -0.2) is 4.79 Å². The fourth-order valence-corrected chi connectivity index (χ4v) is 4.25. The molecule has 3 aromatic rings. The molecule has 0 atom stereocenters. The Morgan fingerprint density at radius 2 is 1.76 bits per heavy atom. The van der Waals surface area contributed by atoms with Crippen molar-refractivity contribution in [2.45, 2.75) is 33.2 Å². The molecule has 1 heterocycles. The number of carbonyl (C=O) groups is 2. The number of carbonyl (C=O) groups excluding carboxylic acids is 2. The highest BCUT2D eigenvalue weighted by atomic mass is 16.5. The second-order valence-electron chi connectivity index (χ2n) is 8.73. The second kappa shape index (κ2) is 10.4. The van der Waals surface area contributed by atoms with Gasteiger partial charge in [0.15, 0.2) is 0 Å². The lowest BCUT2D eigenvalue weighted by Crippen LogP contribution is -2.49. The van der Waals surface area contributed by atoms with Gasteiger partial charge in [0.05, 0.1) is 24.9 Å². The highest BCUT2D eigenvalue weighted by Gasteiger charge is 2.29. The summed E-state index contributed by atoms with van der Waals surface area (Å²) in [6, 6.07) is 21.4. The van der Waals surface area contributed by atoms with Gasteiger partial charge in [0, 0.05) is 19.6 Å². The fraction of sp³-hybridized carbons (Fsp3) is 0.286. The maximum atomic E-state index is 13.4. The number of aryl methyl sites for hydroxylation is 2. The average Bonchev–Trinajstić information content (AvgIpc) is 2.83. The summed E-state index contributed by atoms with van der Waals surface area (Å²) in [5, 5.41) is 3.04. The van der Waals surface area contributed by atoms with Crippen LogP contribution in [-0.2, 0) is 17.8 Å². The summed E-state index contributed by atoms with van der Waals surface area (Å²) in [7, 11) is 1.62. The smallest absolute Gasteiger partial charge is 0.324 e. The quantitative estimate of drug-likeness (QED) is 0.522. The van der Waals surface area contributed by atoms with E-state index in [1.165, 1.54) is 5.56 Å². The second-order valence-corrected chi connectivity index (χ2v) is 8.73. The molecule has 1 aliphatic rings. The van der Waals surface area contributed by atoms with Crippen LogP contribution >= 0.6 is 0 Å². The lowest BCUT2D eigenvalue weighted by atomic mass is 10.1. The molecule has 6 nitrogen and oxygen atoms in total. The Bertz CT molecular complexity index is 1170. The molecule has 0 spiro atoms. The van der Waals surface area contributed by atoms with Crippen molar-refractivity contribution >= 4 is 23.3 Å². The number of hydrogen-bond donors (Lipinski definition) is 1. The maximum Gasteiger partial charge on any atom is 0.324 e. The van der Waals surface area contributed by atoms with E-state index in [2.05, 4.69) is 24.4 Å². The first-order chi connectivity index (χ1) is 16.4. The first-order valence-corrected chi connectivity index (χ1v) is 11.6. The van der Waals surface area contributed by atoms with E-state index in [0.717, 1.165) is 34.5 Å². The number of nitrogens with zero attached hydrogens (tertiary/aromatic N) is 2. The number of benzene rings is 3. The molecule has 0 aromatic heterocycles. The predicted molar refractivity (Wildman–Crippen MR) is 135 cm³/mol. The fourth-order valence-electron chi connectivity index (χ4n) is 4.25. The van der Waals surface area contributed by atoms with Crippen LogP contribution in [0.3, 0.4) is 0 Å². The van der Waals surface area contributed by atoms with Gasteiger partial charge in [0.25, 0.3) is 0 Å². The monoisotopic (exact) mass is 457 g/mol. The van der Waals surface area contributed by atoms with E-state index in [1.807, 2.05) is 66.4 Å². The number of hydrogen-bond acceptors (Lipinski definition) is 3. The largest absolute Gasteiger partial charge is 0.497 e.